The molecular formula is C10H8IN3O3. The average Bonchev–Trinajstić information content (AvgIpc) is 2.80. The molecule has 0 aliphatic carbocycles. The zero-order chi connectivity index (χ0) is 12.3. The molecule has 0 saturated heterocycles. The average molecular weight is 345 g/mol. The smallest absolute Gasteiger partial charge is 0.405 e. The van der Waals surface area contributed by atoms with E-state index in [0.717, 1.165) is 3.57 Å². The maximum atomic E-state index is 10.8. The number of oxazole rings is 1. The Morgan fingerprint density at radius 2 is 2.35 bits per heavy atom. The van der Waals surface area contributed by atoms with E-state index in [1.165, 1.54) is 12.5 Å². The fraction of sp³-hybridized carbons (Fsp3) is 0.100. The highest BCUT2D eigenvalue weighted by Gasteiger charge is 2.22. The zero-order valence-electron chi connectivity index (χ0n) is 8.50. The molecule has 2 aromatic rings. The first-order chi connectivity index (χ1) is 8.18. The molecule has 88 valence electrons. The van der Waals surface area contributed by atoms with Gasteiger partial charge in [-0.3, -0.25) is 4.98 Å². The van der Waals surface area contributed by atoms with Crippen molar-refractivity contribution in [3.8, 4) is 0 Å². The fourth-order valence-corrected chi connectivity index (χ4v) is 1.99. The number of hydrogen-bond donors (Lipinski definition) is 2. The standard InChI is InChI=1S/C10H8IN3O3/c11-7-1-2-12-5-6(7)8(14-10(15)16)9-13-3-4-17-9/h1-5,8,14H,(H,15,16). The number of rotatable bonds is 3. The number of carbonyl (C=O) groups is 1. The molecule has 2 rings (SSSR count). The first-order valence-electron chi connectivity index (χ1n) is 4.66. The summed E-state index contributed by atoms with van der Waals surface area (Å²) in [5, 5.41) is 11.2. The van der Waals surface area contributed by atoms with Crippen LogP contribution >= 0.6 is 22.6 Å². The summed E-state index contributed by atoms with van der Waals surface area (Å²) in [6, 6.07) is 1.14. The van der Waals surface area contributed by atoms with Crippen LogP contribution in [-0.4, -0.2) is 21.2 Å². The van der Waals surface area contributed by atoms with Crippen LogP contribution in [0.15, 0.2) is 35.3 Å². The Balaban J connectivity index is 2.41. The summed E-state index contributed by atoms with van der Waals surface area (Å²) < 4.78 is 6.02. The van der Waals surface area contributed by atoms with Gasteiger partial charge in [0, 0.05) is 21.5 Å². The molecule has 2 N–H and O–H groups in total. The molecule has 0 fully saturated rings. The van der Waals surface area contributed by atoms with Crippen LogP contribution in [0.25, 0.3) is 0 Å². The van der Waals surface area contributed by atoms with Gasteiger partial charge in [-0.1, -0.05) is 0 Å². The minimum absolute atomic E-state index is 0.290. The van der Waals surface area contributed by atoms with Crippen LogP contribution in [0.4, 0.5) is 4.79 Å². The SMILES string of the molecule is O=C(O)NC(c1ncco1)c1cnccc1I. The zero-order valence-corrected chi connectivity index (χ0v) is 10.7. The molecule has 2 aromatic heterocycles. The Bertz CT molecular complexity index is 515. The Kier molecular flexibility index (Phi) is 3.57. The van der Waals surface area contributed by atoms with Crippen LogP contribution in [0.1, 0.15) is 17.5 Å². The lowest BCUT2D eigenvalue weighted by atomic mass is 10.1. The lowest BCUT2D eigenvalue weighted by Crippen LogP contribution is -2.28. The molecule has 0 spiro atoms. The normalized spacial score (nSPS) is 12.1. The van der Waals surface area contributed by atoms with Crippen molar-refractivity contribution in [1.82, 2.24) is 15.3 Å². The summed E-state index contributed by atoms with van der Waals surface area (Å²) in [6.07, 6.45) is 4.95. The van der Waals surface area contributed by atoms with Gasteiger partial charge in [0.05, 0.1) is 6.20 Å². The van der Waals surface area contributed by atoms with E-state index in [-0.39, 0.29) is 0 Å². The fourth-order valence-electron chi connectivity index (χ4n) is 1.38. The van der Waals surface area contributed by atoms with E-state index in [0.29, 0.717) is 11.5 Å². The highest BCUT2D eigenvalue weighted by molar-refractivity contribution is 14.1. The molecular weight excluding hydrogens is 337 g/mol. The van der Waals surface area contributed by atoms with Crippen molar-refractivity contribution in [2.45, 2.75) is 6.04 Å². The molecule has 7 heteroatoms. The number of amides is 1. The third kappa shape index (κ3) is 2.73. The maximum absolute atomic E-state index is 10.8. The number of carboxylic acid groups (broad SMARTS) is 1. The lowest BCUT2D eigenvalue weighted by Gasteiger charge is -2.14. The molecule has 0 bridgehead atoms. The first kappa shape index (κ1) is 11.8. The van der Waals surface area contributed by atoms with Gasteiger partial charge in [0.1, 0.15) is 12.3 Å². The van der Waals surface area contributed by atoms with Crippen LogP contribution in [-0.2, 0) is 0 Å². The summed E-state index contributed by atoms with van der Waals surface area (Å²) in [6.45, 7) is 0. The van der Waals surface area contributed by atoms with Gasteiger partial charge in [-0.25, -0.2) is 9.78 Å². The predicted molar refractivity (Wildman–Crippen MR) is 66.5 cm³/mol. The largest absolute Gasteiger partial charge is 0.465 e. The molecule has 17 heavy (non-hydrogen) atoms. The highest BCUT2D eigenvalue weighted by atomic mass is 127. The molecule has 1 atom stereocenters. The molecule has 0 saturated carbocycles. The Hall–Kier alpha value is -1.64. The number of nitrogens with one attached hydrogen (secondary N) is 1. The quantitative estimate of drug-likeness (QED) is 0.831. The van der Waals surface area contributed by atoms with E-state index in [9.17, 15) is 4.79 Å². The van der Waals surface area contributed by atoms with E-state index >= 15 is 0 Å². The van der Waals surface area contributed by atoms with Gasteiger partial charge in [0.2, 0.25) is 5.89 Å². The Morgan fingerprint density at radius 1 is 1.53 bits per heavy atom. The van der Waals surface area contributed by atoms with Crippen LogP contribution in [0.2, 0.25) is 0 Å². The number of nitrogens with zero attached hydrogens (tertiary/aromatic N) is 2. The number of aromatic nitrogens is 2. The van der Waals surface area contributed by atoms with Crippen LogP contribution in [0, 0.1) is 3.57 Å². The number of halogens is 1. The van der Waals surface area contributed by atoms with Crippen molar-refractivity contribution < 1.29 is 14.3 Å². The first-order valence-corrected chi connectivity index (χ1v) is 5.74. The van der Waals surface area contributed by atoms with Gasteiger partial charge in [-0.2, -0.15) is 0 Å². The minimum atomic E-state index is -1.15. The molecule has 0 aromatic carbocycles. The van der Waals surface area contributed by atoms with E-state index in [1.54, 1.807) is 18.5 Å². The van der Waals surface area contributed by atoms with E-state index in [4.69, 9.17) is 9.52 Å². The van der Waals surface area contributed by atoms with Crippen molar-refractivity contribution in [1.29, 1.82) is 0 Å². The van der Waals surface area contributed by atoms with Crippen molar-refractivity contribution >= 4 is 28.7 Å². The highest BCUT2D eigenvalue weighted by Crippen LogP contribution is 2.24. The van der Waals surface area contributed by atoms with Crippen molar-refractivity contribution in [3.63, 3.8) is 0 Å². The van der Waals surface area contributed by atoms with Gasteiger partial charge >= 0.3 is 6.09 Å². The number of pyridine rings is 1. The predicted octanol–water partition coefficient (Wildman–Crippen LogP) is 2.03. The van der Waals surface area contributed by atoms with Gasteiger partial charge in [-0.15, -0.1) is 0 Å². The Labute approximate surface area is 110 Å². The minimum Gasteiger partial charge on any atom is -0.465 e. The summed E-state index contributed by atoms with van der Waals surface area (Å²) >= 11 is 2.10. The van der Waals surface area contributed by atoms with Gasteiger partial charge in [0.15, 0.2) is 0 Å². The second kappa shape index (κ2) is 5.13. The topological polar surface area (TPSA) is 88.2 Å². The van der Waals surface area contributed by atoms with Crippen LogP contribution in [0.3, 0.4) is 0 Å². The number of hydrogen-bond acceptors (Lipinski definition) is 4. The molecule has 1 amide bonds. The van der Waals surface area contributed by atoms with Crippen molar-refractivity contribution in [2.24, 2.45) is 0 Å². The third-order valence-electron chi connectivity index (χ3n) is 2.07. The van der Waals surface area contributed by atoms with Crippen LogP contribution < -0.4 is 5.32 Å². The van der Waals surface area contributed by atoms with E-state index < -0.39 is 12.1 Å². The molecule has 0 aliphatic heterocycles. The monoisotopic (exact) mass is 345 g/mol. The Morgan fingerprint density at radius 3 is 2.94 bits per heavy atom. The second-order valence-corrected chi connectivity index (χ2v) is 4.31. The molecule has 0 aliphatic rings. The summed E-state index contributed by atoms with van der Waals surface area (Å²) in [5.74, 6) is 0.290. The maximum Gasteiger partial charge on any atom is 0.405 e. The second-order valence-electron chi connectivity index (χ2n) is 3.15. The summed E-state index contributed by atoms with van der Waals surface area (Å²) in [4.78, 5) is 18.7. The third-order valence-corrected chi connectivity index (χ3v) is 3.06. The lowest BCUT2D eigenvalue weighted by molar-refractivity contribution is 0.190. The van der Waals surface area contributed by atoms with Crippen LogP contribution in [0.5, 0.6) is 0 Å². The van der Waals surface area contributed by atoms with E-state index in [1.807, 2.05) is 0 Å². The van der Waals surface area contributed by atoms with Gasteiger partial charge in [0.25, 0.3) is 0 Å². The van der Waals surface area contributed by atoms with Crippen molar-refractivity contribution in [2.75, 3.05) is 0 Å². The summed E-state index contributed by atoms with van der Waals surface area (Å²) in [7, 11) is 0. The molecule has 1 unspecified atom stereocenters. The van der Waals surface area contributed by atoms with E-state index in [2.05, 4.69) is 37.9 Å². The van der Waals surface area contributed by atoms with Gasteiger partial charge in [-0.05, 0) is 28.7 Å². The van der Waals surface area contributed by atoms with Gasteiger partial charge < -0.3 is 14.8 Å². The molecule has 6 nitrogen and oxygen atoms in total. The summed E-state index contributed by atoms with van der Waals surface area (Å²) in [5.41, 5.74) is 0.706. The van der Waals surface area contributed by atoms with Crippen molar-refractivity contribution in [3.05, 3.63) is 45.9 Å². The molecule has 0 radical (unpaired) electrons. The molecule has 2 heterocycles.